The van der Waals surface area contributed by atoms with Gasteiger partial charge in [-0.05, 0) is 50.4 Å². The number of halogens is 1. The summed E-state index contributed by atoms with van der Waals surface area (Å²) in [6.45, 7) is 3.49. The molecular formula is C13H20BrNO. The molecule has 2 N–H and O–H groups in total. The Kier molecular flexibility index (Phi) is 6.69. The van der Waals surface area contributed by atoms with Crippen LogP contribution < -0.4 is 5.32 Å². The Bertz CT molecular complexity index is 304. The minimum absolute atomic E-state index is 0.307. The summed E-state index contributed by atoms with van der Waals surface area (Å²) >= 11 is 3.48. The van der Waals surface area contributed by atoms with Crippen molar-refractivity contribution in [3.8, 4) is 0 Å². The number of unbranched alkanes of at least 4 members (excludes halogenated alkanes) is 2. The van der Waals surface area contributed by atoms with Crippen molar-refractivity contribution < 1.29 is 5.11 Å². The Morgan fingerprint density at radius 3 is 2.81 bits per heavy atom. The Hall–Kier alpha value is -0.380. The van der Waals surface area contributed by atoms with E-state index < -0.39 is 0 Å². The van der Waals surface area contributed by atoms with E-state index in [4.69, 9.17) is 5.11 Å². The van der Waals surface area contributed by atoms with E-state index in [1.807, 2.05) is 6.07 Å². The van der Waals surface area contributed by atoms with Crippen molar-refractivity contribution in [2.24, 2.45) is 0 Å². The maximum absolute atomic E-state index is 8.66. The van der Waals surface area contributed by atoms with Crippen LogP contribution in [0.15, 0.2) is 28.7 Å². The average molecular weight is 286 g/mol. The first-order valence-electron chi connectivity index (χ1n) is 5.83. The van der Waals surface area contributed by atoms with Crippen LogP contribution >= 0.6 is 15.9 Å². The van der Waals surface area contributed by atoms with Crippen molar-refractivity contribution in [1.29, 1.82) is 0 Å². The third-order valence-corrected chi connectivity index (χ3v) is 3.13. The van der Waals surface area contributed by atoms with E-state index in [2.05, 4.69) is 46.4 Å². The molecular weight excluding hydrogens is 266 g/mol. The molecule has 0 radical (unpaired) electrons. The first kappa shape index (κ1) is 13.7. The van der Waals surface area contributed by atoms with Gasteiger partial charge in [0.15, 0.2) is 0 Å². The number of aliphatic hydroxyl groups excluding tert-OH is 1. The number of aliphatic hydroxyl groups is 1. The van der Waals surface area contributed by atoms with Crippen LogP contribution in [0.1, 0.15) is 37.8 Å². The molecule has 0 spiro atoms. The normalized spacial score (nSPS) is 12.7. The minimum atomic E-state index is 0.307. The highest BCUT2D eigenvalue weighted by molar-refractivity contribution is 9.10. The number of hydrogen-bond acceptors (Lipinski definition) is 2. The fourth-order valence-electron chi connectivity index (χ4n) is 1.63. The lowest BCUT2D eigenvalue weighted by molar-refractivity contribution is 0.282. The van der Waals surface area contributed by atoms with E-state index in [0.29, 0.717) is 12.6 Å². The van der Waals surface area contributed by atoms with Gasteiger partial charge >= 0.3 is 0 Å². The summed E-state index contributed by atoms with van der Waals surface area (Å²) in [5.74, 6) is 0. The van der Waals surface area contributed by atoms with Crippen molar-refractivity contribution in [3.05, 3.63) is 34.3 Å². The van der Waals surface area contributed by atoms with Crippen molar-refractivity contribution >= 4 is 15.9 Å². The summed E-state index contributed by atoms with van der Waals surface area (Å²) < 4.78 is 1.12. The lowest BCUT2D eigenvalue weighted by atomic mass is 10.1. The quantitative estimate of drug-likeness (QED) is 0.754. The molecule has 16 heavy (non-hydrogen) atoms. The first-order chi connectivity index (χ1) is 7.74. The van der Waals surface area contributed by atoms with Gasteiger partial charge < -0.3 is 10.4 Å². The number of hydrogen-bond donors (Lipinski definition) is 2. The van der Waals surface area contributed by atoms with Gasteiger partial charge in [-0.2, -0.15) is 0 Å². The second-order valence-corrected chi connectivity index (χ2v) is 4.93. The molecule has 2 nitrogen and oxygen atoms in total. The Morgan fingerprint density at radius 2 is 2.12 bits per heavy atom. The maximum Gasteiger partial charge on any atom is 0.0431 e. The van der Waals surface area contributed by atoms with E-state index >= 15 is 0 Å². The average Bonchev–Trinajstić information content (AvgIpc) is 2.28. The molecule has 0 aliphatic carbocycles. The molecule has 0 aromatic heterocycles. The molecule has 0 unspecified atom stereocenters. The fraction of sp³-hybridized carbons (Fsp3) is 0.538. The number of nitrogens with one attached hydrogen (secondary N) is 1. The van der Waals surface area contributed by atoms with Crippen LogP contribution in [0.4, 0.5) is 0 Å². The molecule has 0 fully saturated rings. The predicted octanol–water partition coefficient (Wildman–Crippen LogP) is 3.26. The Morgan fingerprint density at radius 1 is 1.31 bits per heavy atom. The van der Waals surface area contributed by atoms with E-state index in [1.54, 1.807) is 0 Å². The topological polar surface area (TPSA) is 32.3 Å². The van der Waals surface area contributed by atoms with Gasteiger partial charge in [0.2, 0.25) is 0 Å². The van der Waals surface area contributed by atoms with E-state index in [1.165, 1.54) is 5.56 Å². The summed E-state index contributed by atoms with van der Waals surface area (Å²) in [5.41, 5.74) is 1.30. The van der Waals surface area contributed by atoms with E-state index in [0.717, 1.165) is 30.3 Å². The lowest BCUT2D eigenvalue weighted by Crippen LogP contribution is -2.19. The zero-order valence-corrected chi connectivity index (χ0v) is 11.3. The molecule has 0 aliphatic rings. The van der Waals surface area contributed by atoms with Crippen LogP contribution in [0.5, 0.6) is 0 Å². The van der Waals surface area contributed by atoms with Crippen LogP contribution in [0.3, 0.4) is 0 Å². The fourth-order valence-corrected chi connectivity index (χ4v) is 2.04. The molecule has 1 aromatic rings. The summed E-state index contributed by atoms with van der Waals surface area (Å²) in [4.78, 5) is 0. The van der Waals surface area contributed by atoms with E-state index in [-0.39, 0.29) is 0 Å². The molecule has 1 rings (SSSR count). The van der Waals surface area contributed by atoms with Gasteiger partial charge in [0.25, 0.3) is 0 Å². The van der Waals surface area contributed by atoms with Gasteiger partial charge in [-0.15, -0.1) is 0 Å². The molecule has 90 valence electrons. The van der Waals surface area contributed by atoms with E-state index in [9.17, 15) is 0 Å². The van der Waals surface area contributed by atoms with Gasteiger partial charge in [0.1, 0.15) is 0 Å². The van der Waals surface area contributed by atoms with Crippen LogP contribution in [0.2, 0.25) is 0 Å². The minimum Gasteiger partial charge on any atom is -0.396 e. The molecule has 0 saturated carbocycles. The van der Waals surface area contributed by atoms with Gasteiger partial charge in [0, 0.05) is 17.1 Å². The molecule has 0 aliphatic heterocycles. The Balaban J connectivity index is 2.27. The van der Waals surface area contributed by atoms with Gasteiger partial charge in [0.05, 0.1) is 0 Å². The van der Waals surface area contributed by atoms with Gasteiger partial charge in [-0.3, -0.25) is 0 Å². The van der Waals surface area contributed by atoms with Crippen molar-refractivity contribution in [2.45, 2.75) is 32.2 Å². The summed E-state index contributed by atoms with van der Waals surface area (Å²) in [5, 5.41) is 12.1. The molecule has 0 amide bonds. The standard InChI is InChI=1S/C13H20BrNO/c1-11(15-8-3-2-4-9-16)12-6-5-7-13(14)10-12/h5-7,10-11,15-16H,2-4,8-9H2,1H3/t11-/m0/s1. The van der Waals surface area contributed by atoms with Gasteiger partial charge in [-0.1, -0.05) is 28.1 Å². The number of rotatable bonds is 7. The summed E-state index contributed by atoms with van der Waals surface area (Å²) in [7, 11) is 0. The highest BCUT2D eigenvalue weighted by Crippen LogP contribution is 2.17. The van der Waals surface area contributed by atoms with Crippen LogP contribution in [-0.4, -0.2) is 18.3 Å². The summed E-state index contributed by atoms with van der Waals surface area (Å²) in [6, 6.07) is 8.76. The van der Waals surface area contributed by atoms with Gasteiger partial charge in [-0.25, -0.2) is 0 Å². The van der Waals surface area contributed by atoms with Crippen LogP contribution in [0.25, 0.3) is 0 Å². The van der Waals surface area contributed by atoms with Crippen molar-refractivity contribution in [3.63, 3.8) is 0 Å². The second kappa shape index (κ2) is 7.82. The van der Waals surface area contributed by atoms with Crippen molar-refractivity contribution in [2.75, 3.05) is 13.2 Å². The predicted molar refractivity (Wildman–Crippen MR) is 71.5 cm³/mol. The smallest absolute Gasteiger partial charge is 0.0431 e. The number of benzene rings is 1. The molecule has 0 saturated heterocycles. The van der Waals surface area contributed by atoms with Crippen molar-refractivity contribution in [1.82, 2.24) is 5.32 Å². The Labute approximate surface area is 106 Å². The SMILES string of the molecule is C[C@H](NCCCCCO)c1cccc(Br)c1. The lowest BCUT2D eigenvalue weighted by Gasteiger charge is -2.14. The molecule has 3 heteroatoms. The third-order valence-electron chi connectivity index (χ3n) is 2.63. The monoisotopic (exact) mass is 285 g/mol. The first-order valence-corrected chi connectivity index (χ1v) is 6.63. The largest absolute Gasteiger partial charge is 0.396 e. The second-order valence-electron chi connectivity index (χ2n) is 4.02. The summed E-state index contributed by atoms with van der Waals surface area (Å²) in [6.07, 6.45) is 3.13. The zero-order chi connectivity index (χ0) is 11.8. The maximum atomic E-state index is 8.66. The molecule has 0 heterocycles. The molecule has 0 bridgehead atoms. The third kappa shape index (κ3) is 5.10. The van der Waals surface area contributed by atoms with Crippen LogP contribution in [0, 0.1) is 0 Å². The zero-order valence-electron chi connectivity index (χ0n) is 9.75. The highest BCUT2D eigenvalue weighted by Gasteiger charge is 2.03. The molecule has 1 atom stereocenters. The molecule has 1 aromatic carbocycles. The van der Waals surface area contributed by atoms with Crippen LogP contribution in [-0.2, 0) is 0 Å². The highest BCUT2D eigenvalue weighted by atomic mass is 79.9.